The molecule has 0 aliphatic carbocycles. The van der Waals surface area contributed by atoms with Gasteiger partial charge in [0.15, 0.2) is 0 Å². The smallest absolute Gasteiger partial charge is 0.250 e. The van der Waals surface area contributed by atoms with Crippen molar-refractivity contribution >= 4 is 5.91 Å². The zero-order valence-corrected chi connectivity index (χ0v) is 11.0. The van der Waals surface area contributed by atoms with Gasteiger partial charge >= 0.3 is 0 Å². The van der Waals surface area contributed by atoms with Crippen molar-refractivity contribution in [1.82, 2.24) is 15.5 Å². The third kappa shape index (κ3) is 3.91. The Morgan fingerprint density at radius 1 is 1.44 bits per heavy atom. The fourth-order valence-electron chi connectivity index (χ4n) is 2.25. The average molecular weight is 257 g/mol. The minimum absolute atomic E-state index is 0.0422. The first-order valence-electron chi connectivity index (χ1n) is 6.73. The first-order valence-corrected chi connectivity index (χ1v) is 6.73. The van der Waals surface area contributed by atoms with Crippen molar-refractivity contribution in [1.29, 1.82) is 0 Å². The van der Waals surface area contributed by atoms with Gasteiger partial charge in [0, 0.05) is 32.7 Å². The highest BCUT2D eigenvalue weighted by Crippen LogP contribution is 2.04. The van der Waals surface area contributed by atoms with Gasteiger partial charge < -0.3 is 20.1 Å². The van der Waals surface area contributed by atoms with E-state index in [-0.39, 0.29) is 18.1 Å². The molecule has 0 aromatic carbocycles. The second-order valence-corrected chi connectivity index (χ2v) is 4.69. The number of carbonyl (C=O) groups excluding carboxylic acids is 1. The van der Waals surface area contributed by atoms with E-state index >= 15 is 0 Å². The van der Waals surface area contributed by atoms with Crippen LogP contribution in [0.15, 0.2) is 0 Å². The van der Waals surface area contributed by atoms with Crippen LogP contribution in [-0.4, -0.2) is 75.5 Å². The maximum absolute atomic E-state index is 11.8. The second-order valence-electron chi connectivity index (χ2n) is 4.69. The van der Waals surface area contributed by atoms with Gasteiger partial charge in [0.2, 0.25) is 0 Å². The number of ether oxygens (including phenoxy) is 2. The van der Waals surface area contributed by atoms with E-state index in [1.165, 1.54) is 0 Å². The summed E-state index contributed by atoms with van der Waals surface area (Å²) in [6.07, 6.45) is -0.260. The summed E-state index contributed by atoms with van der Waals surface area (Å²) < 4.78 is 11.0. The lowest BCUT2D eigenvalue weighted by Crippen LogP contribution is -2.52. The number of likely N-dealkylation sites (N-methyl/N-ethyl adjacent to an activating group) is 1. The van der Waals surface area contributed by atoms with Crippen molar-refractivity contribution in [2.24, 2.45) is 0 Å². The topological polar surface area (TPSA) is 62.8 Å². The number of hydrogen-bond acceptors (Lipinski definition) is 5. The molecule has 2 heterocycles. The molecule has 2 unspecified atom stereocenters. The summed E-state index contributed by atoms with van der Waals surface area (Å²) in [5, 5.41) is 6.06. The molecule has 0 aromatic heterocycles. The van der Waals surface area contributed by atoms with E-state index in [0.717, 1.165) is 32.8 Å². The number of rotatable bonds is 4. The third-order valence-electron chi connectivity index (χ3n) is 3.39. The molecule has 0 aromatic rings. The Labute approximate surface area is 108 Å². The van der Waals surface area contributed by atoms with Crippen LogP contribution in [0.3, 0.4) is 0 Å². The predicted molar refractivity (Wildman–Crippen MR) is 67.5 cm³/mol. The number of morpholine rings is 2. The fourth-order valence-corrected chi connectivity index (χ4v) is 2.25. The molecule has 104 valence electrons. The minimum Gasteiger partial charge on any atom is -0.374 e. The van der Waals surface area contributed by atoms with E-state index < -0.39 is 0 Å². The molecule has 2 aliphatic heterocycles. The maximum atomic E-state index is 11.8. The Balaban J connectivity index is 1.68. The second kappa shape index (κ2) is 7.04. The van der Waals surface area contributed by atoms with E-state index in [0.29, 0.717) is 19.7 Å². The zero-order chi connectivity index (χ0) is 12.8. The molecule has 1 amide bonds. The SMILES string of the molecule is CCN1CCOC(CNC(=O)C2CNCCO2)C1. The molecular weight excluding hydrogens is 234 g/mol. The highest BCUT2D eigenvalue weighted by molar-refractivity contribution is 5.81. The molecule has 2 N–H and O–H groups in total. The Morgan fingerprint density at radius 2 is 2.33 bits per heavy atom. The summed E-state index contributed by atoms with van der Waals surface area (Å²) in [6, 6.07) is 0. The quantitative estimate of drug-likeness (QED) is 0.663. The maximum Gasteiger partial charge on any atom is 0.250 e. The number of nitrogens with one attached hydrogen (secondary N) is 2. The summed E-state index contributed by atoms with van der Waals surface area (Å²) in [5.74, 6) is -0.0422. The normalized spacial score (nSPS) is 30.1. The number of hydrogen-bond donors (Lipinski definition) is 2. The molecule has 18 heavy (non-hydrogen) atoms. The van der Waals surface area contributed by atoms with Gasteiger partial charge in [-0.2, -0.15) is 0 Å². The van der Waals surface area contributed by atoms with E-state index in [1.54, 1.807) is 0 Å². The molecule has 2 saturated heterocycles. The lowest BCUT2D eigenvalue weighted by Gasteiger charge is -2.32. The largest absolute Gasteiger partial charge is 0.374 e. The molecule has 0 bridgehead atoms. The van der Waals surface area contributed by atoms with Crippen LogP contribution in [0.25, 0.3) is 0 Å². The van der Waals surface area contributed by atoms with Crippen LogP contribution in [0.4, 0.5) is 0 Å². The monoisotopic (exact) mass is 257 g/mol. The molecule has 2 rings (SSSR count). The summed E-state index contributed by atoms with van der Waals surface area (Å²) in [7, 11) is 0. The first-order chi connectivity index (χ1) is 8.79. The van der Waals surface area contributed by atoms with Crippen LogP contribution in [0.2, 0.25) is 0 Å². The van der Waals surface area contributed by atoms with E-state index in [9.17, 15) is 4.79 Å². The lowest BCUT2D eigenvalue weighted by atomic mass is 10.2. The zero-order valence-electron chi connectivity index (χ0n) is 11.0. The molecule has 0 saturated carbocycles. The molecule has 0 radical (unpaired) electrons. The highest BCUT2D eigenvalue weighted by atomic mass is 16.5. The van der Waals surface area contributed by atoms with Gasteiger partial charge in [-0.25, -0.2) is 0 Å². The van der Waals surface area contributed by atoms with Crippen molar-refractivity contribution in [2.45, 2.75) is 19.1 Å². The van der Waals surface area contributed by atoms with E-state index in [4.69, 9.17) is 9.47 Å². The van der Waals surface area contributed by atoms with E-state index in [2.05, 4.69) is 22.5 Å². The van der Waals surface area contributed by atoms with Gasteiger partial charge in [-0.1, -0.05) is 6.92 Å². The van der Waals surface area contributed by atoms with Gasteiger partial charge in [-0.3, -0.25) is 9.69 Å². The van der Waals surface area contributed by atoms with Gasteiger partial charge in [-0.15, -0.1) is 0 Å². The van der Waals surface area contributed by atoms with Crippen LogP contribution >= 0.6 is 0 Å². The van der Waals surface area contributed by atoms with Crippen molar-refractivity contribution in [3.8, 4) is 0 Å². The molecule has 2 aliphatic rings. The number of carbonyl (C=O) groups is 1. The molecule has 6 nitrogen and oxygen atoms in total. The Hall–Kier alpha value is -0.690. The Bertz CT molecular complexity index is 269. The van der Waals surface area contributed by atoms with Crippen molar-refractivity contribution in [2.75, 3.05) is 52.5 Å². The van der Waals surface area contributed by atoms with Crippen molar-refractivity contribution in [3.63, 3.8) is 0 Å². The summed E-state index contributed by atoms with van der Waals surface area (Å²) in [5.41, 5.74) is 0. The van der Waals surface area contributed by atoms with Crippen LogP contribution in [0, 0.1) is 0 Å². The van der Waals surface area contributed by atoms with Gasteiger partial charge in [0.1, 0.15) is 6.10 Å². The van der Waals surface area contributed by atoms with Crippen molar-refractivity contribution < 1.29 is 14.3 Å². The summed E-state index contributed by atoms with van der Waals surface area (Å²) in [6.45, 7) is 8.37. The van der Waals surface area contributed by atoms with E-state index in [1.807, 2.05) is 0 Å². The Kier molecular flexibility index (Phi) is 5.37. The standard InChI is InChI=1S/C12H23N3O3/c1-2-15-4-6-17-10(9-15)7-14-12(16)11-8-13-3-5-18-11/h10-11,13H,2-9H2,1H3,(H,14,16). The third-order valence-corrected chi connectivity index (χ3v) is 3.39. The van der Waals surface area contributed by atoms with Gasteiger partial charge in [0.05, 0.1) is 19.3 Å². The Morgan fingerprint density at radius 3 is 3.06 bits per heavy atom. The molecule has 0 spiro atoms. The highest BCUT2D eigenvalue weighted by Gasteiger charge is 2.24. The molecule has 6 heteroatoms. The lowest BCUT2D eigenvalue weighted by molar-refractivity contribution is -0.135. The first kappa shape index (κ1) is 13.7. The van der Waals surface area contributed by atoms with Crippen LogP contribution in [0.1, 0.15) is 6.92 Å². The molecule has 2 fully saturated rings. The van der Waals surface area contributed by atoms with Crippen LogP contribution < -0.4 is 10.6 Å². The summed E-state index contributed by atoms with van der Waals surface area (Å²) >= 11 is 0. The summed E-state index contributed by atoms with van der Waals surface area (Å²) in [4.78, 5) is 14.2. The van der Waals surface area contributed by atoms with Gasteiger partial charge in [0.25, 0.3) is 5.91 Å². The van der Waals surface area contributed by atoms with Crippen LogP contribution in [0.5, 0.6) is 0 Å². The molecule has 2 atom stereocenters. The average Bonchev–Trinajstić information content (AvgIpc) is 2.46. The minimum atomic E-state index is -0.357. The van der Waals surface area contributed by atoms with Gasteiger partial charge in [-0.05, 0) is 6.54 Å². The number of amides is 1. The predicted octanol–water partition coefficient (Wildman–Crippen LogP) is -1.19. The fraction of sp³-hybridized carbons (Fsp3) is 0.917. The van der Waals surface area contributed by atoms with Crippen molar-refractivity contribution in [3.05, 3.63) is 0 Å². The molecular formula is C12H23N3O3. The number of nitrogens with zero attached hydrogens (tertiary/aromatic N) is 1. The van der Waals surface area contributed by atoms with Crippen LogP contribution in [-0.2, 0) is 14.3 Å².